The second-order valence-corrected chi connectivity index (χ2v) is 4.13. The van der Waals surface area contributed by atoms with Gasteiger partial charge in [0.1, 0.15) is 0 Å². The van der Waals surface area contributed by atoms with Crippen LogP contribution >= 0.6 is 0 Å². The predicted molar refractivity (Wildman–Crippen MR) is 60.7 cm³/mol. The largest absolute Gasteiger partial charge is 0.336 e. The molecule has 1 fully saturated rings. The Morgan fingerprint density at radius 2 is 2.40 bits per heavy atom. The van der Waals surface area contributed by atoms with Crippen molar-refractivity contribution in [2.24, 2.45) is 0 Å². The number of hydrogen-bond acceptors (Lipinski definition) is 3. The molecule has 1 aliphatic rings. The van der Waals surface area contributed by atoms with Crippen molar-refractivity contribution in [2.45, 2.75) is 31.8 Å². The van der Waals surface area contributed by atoms with E-state index in [2.05, 4.69) is 20.2 Å². The molecule has 0 aromatic carbocycles. The van der Waals surface area contributed by atoms with Crippen molar-refractivity contribution in [3.05, 3.63) is 18.7 Å². The van der Waals surface area contributed by atoms with Crippen molar-refractivity contribution >= 4 is 0 Å². The van der Waals surface area contributed by atoms with Crippen LogP contribution in [0.3, 0.4) is 0 Å². The first-order chi connectivity index (χ1) is 7.45. The number of imidazole rings is 1. The van der Waals surface area contributed by atoms with E-state index in [1.54, 1.807) is 0 Å². The Balaban J connectivity index is 1.64. The van der Waals surface area contributed by atoms with Crippen LogP contribution in [0, 0.1) is 0 Å². The molecular weight excluding hydrogens is 188 g/mol. The van der Waals surface area contributed by atoms with Crippen LogP contribution in [0.15, 0.2) is 18.7 Å². The minimum atomic E-state index is 0.698. The molecule has 0 radical (unpaired) electrons. The smallest absolute Gasteiger partial charge is 0.0946 e. The highest BCUT2D eigenvalue weighted by atomic mass is 15.1. The number of rotatable bonds is 4. The zero-order valence-electron chi connectivity index (χ0n) is 9.15. The Morgan fingerprint density at radius 3 is 3.27 bits per heavy atom. The van der Waals surface area contributed by atoms with Gasteiger partial charge in [0.2, 0.25) is 0 Å². The number of nitrogens with zero attached hydrogens (tertiary/aromatic N) is 2. The first kappa shape index (κ1) is 10.6. The second-order valence-electron chi connectivity index (χ2n) is 4.13. The number of aromatic nitrogens is 2. The molecule has 0 spiro atoms. The van der Waals surface area contributed by atoms with Crippen LogP contribution in [0.5, 0.6) is 0 Å². The molecule has 4 heteroatoms. The second kappa shape index (κ2) is 5.88. The lowest BCUT2D eigenvalue weighted by Crippen LogP contribution is -2.32. The molecule has 1 unspecified atom stereocenters. The summed E-state index contributed by atoms with van der Waals surface area (Å²) >= 11 is 0. The number of hydrogen-bond donors (Lipinski definition) is 2. The highest BCUT2D eigenvalue weighted by Gasteiger charge is 2.10. The standard InChI is InChI=1S/C11H20N4/c1-2-11(3-5-12-4-1)14-7-9-15-8-6-13-10-15/h6,8,10-12,14H,1-5,7,9H2. The van der Waals surface area contributed by atoms with Gasteiger partial charge < -0.3 is 15.2 Å². The fourth-order valence-corrected chi connectivity index (χ4v) is 2.04. The first-order valence-electron chi connectivity index (χ1n) is 5.85. The topological polar surface area (TPSA) is 41.9 Å². The Kier molecular flexibility index (Phi) is 4.17. The molecule has 1 aromatic rings. The van der Waals surface area contributed by atoms with E-state index in [1.807, 2.05) is 18.7 Å². The van der Waals surface area contributed by atoms with Gasteiger partial charge in [-0.05, 0) is 32.4 Å². The Labute approximate surface area is 91.1 Å². The van der Waals surface area contributed by atoms with Crippen LogP contribution in [0.1, 0.15) is 19.3 Å². The third-order valence-electron chi connectivity index (χ3n) is 2.94. The van der Waals surface area contributed by atoms with Crippen LogP contribution in [0.25, 0.3) is 0 Å². The van der Waals surface area contributed by atoms with Crippen LogP contribution in [0.4, 0.5) is 0 Å². The van der Waals surface area contributed by atoms with E-state index >= 15 is 0 Å². The van der Waals surface area contributed by atoms with Gasteiger partial charge in [-0.25, -0.2) is 4.98 Å². The summed E-state index contributed by atoms with van der Waals surface area (Å²) in [5.41, 5.74) is 0. The SMILES string of the molecule is c1cn(CCNC2CCCNCC2)cn1. The number of nitrogens with one attached hydrogen (secondary N) is 2. The maximum Gasteiger partial charge on any atom is 0.0946 e. The van der Waals surface area contributed by atoms with Gasteiger partial charge in [0, 0.05) is 31.5 Å². The van der Waals surface area contributed by atoms with E-state index < -0.39 is 0 Å². The summed E-state index contributed by atoms with van der Waals surface area (Å²) in [6, 6.07) is 0.698. The maximum absolute atomic E-state index is 4.03. The molecule has 0 bridgehead atoms. The highest BCUT2D eigenvalue weighted by molar-refractivity contribution is 4.76. The van der Waals surface area contributed by atoms with Gasteiger partial charge in [-0.2, -0.15) is 0 Å². The van der Waals surface area contributed by atoms with Crippen LogP contribution in [-0.4, -0.2) is 35.2 Å². The molecule has 4 nitrogen and oxygen atoms in total. The van der Waals surface area contributed by atoms with Gasteiger partial charge in [0.25, 0.3) is 0 Å². The van der Waals surface area contributed by atoms with Crippen molar-refractivity contribution in [3.63, 3.8) is 0 Å². The van der Waals surface area contributed by atoms with Gasteiger partial charge in [-0.1, -0.05) is 0 Å². The summed E-state index contributed by atoms with van der Waals surface area (Å²) in [6.45, 7) is 4.40. The predicted octanol–water partition coefficient (Wildman–Crippen LogP) is 0.615. The van der Waals surface area contributed by atoms with Gasteiger partial charge in [0.05, 0.1) is 6.33 Å². The van der Waals surface area contributed by atoms with Crippen molar-refractivity contribution in [3.8, 4) is 0 Å². The van der Waals surface area contributed by atoms with Crippen molar-refractivity contribution in [2.75, 3.05) is 19.6 Å². The van der Waals surface area contributed by atoms with E-state index in [-0.39, 0.29) is 0 Å². The molecule has 1 atom stereocenters. The lowest BCUT2D eigenvalue weighted by molar-refractivity contribution is 0.453. The zero-order valence-corrected chi connectivity index (χ0v) is 9.15. The molecule has 2 N–H and O–H groups in total. The minimum absolute atomic E-state index is 0.698. The van der Waals surface area contributed by atoms with E-state index in [9.17, 15) is 0 Å². The van der Waals surface area contributed by atoms with Crippen molar-refractivity contribution in [1.29, 1.82) is 0 Å². The average molecular weight is 208 g/mol. The first-order valence-corrected chi connectivity index (χ1v) is 5.85. The molecule has 1 aromatic heterocycles. The lowest BCUT2D eigenvalue weighted by atomic mass is 10.1. The lowest BCUT2D eigenvalue weighted by Gasteiger charge is -2.15. The summed E-state index contributed by atoms with van der Waals surface area (Å²) in [6.07, 6.45) is 9.56. The maximum atomic E-state index is 4.03. The van der Waals surface area contributed by atoms with Crippen molar-refractivity contribution < 1.29 is 0 Å². The molecule has 0 aliphatic carbocycles. The van der Waals surface area contributed by atoms with E-state index in [1.165, 1.54) is 25.8 Å². The van der Waals surface area contributed by atoms with Crippen LogP contribution in [0.2, 0.25) is 0 Å². The molecule has 1 aliphatic heterocycles. The normalized spacial score (nSPS) is 22.5. The van der Waals surface area contributed by atoms with Crippen LogP contribution in [-0.2, 0) is 6.54 Å². The zero-order chi connectivity index (χ0) is 10.3. The Bertz CT molecular complexity index is 250. The fraction of sp³-hybridized carbons (Fsp3) is 0.727. The highest BCUT2D eigenvalue weighted by Crippen LogP contribution is 2.04. The fourth-order valence-electron chi connectivity index (χ4n) is 2.04. The molecule has 84 valence electrons. The van der Waals surface area contributed by atoms with Gasteiger partial charge >= 0.3 is 0 Å². The van der Waals surface area contributed by atoms with E-state index in [4.69, 9.17) is 0 Å². The molecule has 15 heavy (non-hydrogen) atoms. The average Bonchev–Trinajstić information content (AvgIpc) is 2.62. The third-order valence-corrected chi connectivity index (χ3v) is 2.94. The molecule has 2 heterocycles. The summed E-state index contributed by atoms with van der Waals surface area (Å²) in [5.74, 6) is 0. The monoisotopic (exact) mass is 208 g/mol. The van der Waals surface area contributed by atoms with E-state index in [0.717, 1.165) is 19.6 Å². The van der Waals surface area contributed by atoms with Crippen LogP contribution < -0.4 is 10.6 Å². The molecule has 1 saturated heterocycles. The molecule has 0 saturated carbocycles. The van der Waals surface area contributed by atoms with Crippen molar-refractivity contribution in [1.82, 2.24) is 20.2 Å². The quantitative estimate of drug-likeness (QED) is 0.762. The Morgan fingerprint density at radius 1 is 1.40 bits per heavy atom. The van der Waals surface area contributed by atoms with E-state index in [0.29, 0.717) is 6.04 Å². The Hall–Kier alpha value is -0.870. The third kappa shape index (κ3) is 3.64. The molecular formula is C11H20N4. The van der Waals surface area contributed by atoms with Gasteiger partial charge in [-0.3, -0.25) is 0 Å². The molecule has 0 amide bonds. The minimum Gasteiger partial charge on any atom is -0.336 e. The molecule has 2 rings (SSSR count). The van der Waals surface area contributed by atoms with Gasteiger partial charge in [0.15, 0.2) is 0 Å². The van der Waals surface area contributed by atoms with Gasteiger partial charge in [-0.15, -0.1) is 0 Å². The summed E-state index contributed by atoms with van der Waals surface area (Å²) in [7, 11) is 0. The summed E-state index contributed by atoms with van der Waals surface area (Å²) in [4.78, 5) is 4.03. The summed E-state index contributed by atoms with van der Waals surface area (Å²) < 4.78 is 2.11. The summed E-state index contributed by atoms with van der Waals surface area (Å²) in [5, 5.41) is 7.04.